The van der Waals surface area contributed by atoms with Crippen molar-refractivity contribution in [1.29, 1.82) is 0 Å². The van der Waals surface area contributed by atoms with Gasteiger partial charge in [-0.2, -0.15) is 11.8 Å². The van der Waals surface area contributed by atoms with Crippen molar-refractivity contribution in [3.63, 3.8) is 0 Å². The Bertz CT molecular complexity index is 672. The van der Waals surface area contributed by atoms with E-state index in [4.69, 9.17) is 15.9 Å². The van der Waals surface area contributed by atoms with Gasteiger partial charge in [0.2, 0.25) is 17.7 Å². The van der Waals surface area contributed by atoms with Gasteiger partial charge in [-0.05, 0) is 36.7 Å². The third-order valence-electron chi connectivity index (χ3n) is 4.60. The van der Waals surface area contributed by atoms with Crippen LogP contribution in [-0.2, 0) is 24.0 Å². The Kier molecular flexibility index (Phi) is 13.6. The minimum Gasteiger partial charge on any atom is -0.481 e. The van der Waals surface area contributed by atoms with Crippen LogP contribution < -0.4 is 21.7 Å². The van der Waals surface area contributed by atoms with Crippen LogP contribution in [0.15, 0.2) is 0 Å². The lowest BCUT2D eigenvalue weighted by molar-refractivity contribution is -0.147. The average molecular weight is 477 g/mol. The number of aliphatic carboxylic acids is 2. The monoisotopic (exact) mass is 476 g/mol. The van der Waals surface area contributed by atoms with Gasteiger partial charge in [-0.25, -0.2) is 4.79 Å². The Morgan fingerprint density at radius 1 is 0.844 bits per heavy atom. The van der Waals surface area contributed by atoms with Crippen molar-refractivity contribution in [2.45, 2.75) is 71.1 Å². The zero-order chi connectivity index (χ0) is 25.0. The number of carbonyl (C=O) groups excluding carboxylic acids is 3. The Hall–Kier alpha value is -2.34. The van der Waals surface area contributed by atoms with Gasteiger partial charge in [0.05, 0.1) is 12.5 Å². The number of carbonyl (C=O) groups is 5. The molecule has 0 saturated heterocycles. The summed E-state index contributed by atoms with van der Waals surface area (Å²) in [5.41, 5.74) is 5.86. The van der Waals surface area contributed by atoms with Crippen molar-refractivity contribution in [3.8, 4) is 0 Å². The number of hydrogen-bond donors (Lipinski definition) is 6. The van der Waals surface area contributed by atoms with Crippen molar-refractivity contribution in [1.82, 2.24) is 16.0 Å². The number of nitrogens with two attached hydrogens (primary N) is 1. The van der Waals surface area contributed by atoms with Crippen LogP contribution in [0.5, 0.6) is 0 Å². The summed E-state index contributed by atoms with van der Waals surface area (Å²) in [7, 11) is 0. The summed E-state index contributed by atoms with van der Waals surface area (Å²) >= 11 is 1.42. The van der Waals surface area contributed by atoms with Crippen LogP contribution in [-0.4, -0.2) is 76.0 Å². The molecule has 0 bridgehead atoms. The van der Waals surface area contributed by atoms with Crippen LogP contribution in [0.25, 0.3) is 0 Å². The van der Waals surface area contributed by atoms with Crippen molar-refractivity contribution >= 4 is 41.4 Å². The minimum absolute atomic E-state index is 0.0479. The van der Waals surface area contributed by atoms with Crippen molar-refractivity contribution in [2.24, 2.45) is 17.6 Å². The highest BCUT2D eigenvalue weighted by atomic mass is 32.2. The summed E-state index contributed by atoms with van der Waals surface area (Å²) in [6.07, 6.45) is 1.49. The third-order valence-corrected chi connectivity index (χ3v) is 5.24. The second-order valence-corrected chi connectivity index (χ2v) is 9.29. The standard InChI is InChI=1S/C20H36N4O7S/c1-10(2)8-13(23-19(29)16(21)11(3)4)18(28)22-12(6-7-32-5)17(27)24-14(20(30)31)9-15(25)26/h10-14,16H,6-9,21H2,1-5H3,(H,22,28)(H,23,29)(H,24,27)(H,25,26)(H,30,31). The van der Waals surface area contributed by atoms with E-state index >= 15 is 0 Å². The first kappa shape index (κ1) is 29.7. The molecule has 0 spiro atoms. The number of amides is 3. The Balaban J connectivity index is 5.48. The predicted molar refractivity (Wildman–Crippen MR) is 121 cm³/mol. The Labute approximate surface area is 192 Å². The molecule has 0 radical (unpaired) electrons. The van der Waals surface area contributed by atoms with Crippen molar-refractivity contribution in [3.05, 3.63) is 0 Å². The lowest BCUT2D eigenvalue weighted by Crippen LogP contribution is -2.58. The average Bonchev–Trinajstić information content (AvgIpc) is 2.68. The van der Waals surface area contributed by atoms with Gasteiger partial charge >= 0.3 is 11.9 Å². The van der Waals surface area contributed by atoms with Crippen LogP contribution in [0.4, 0.5) is 0 Å². The molecule has 0 aromatic heterocycles. The fourth-order valence-electron chi connectivity index (χ4n) is 2.70. The number of thioether (sulfide) groups is 1. The molecule has 4 atom stereocenters. The van der Waals surface area contributed by atoms with Crippen LogP contribution in [0.1, 0.15) is 47.0 Å². The molecule has 0 aliphatic rings. The topological polar surface area (TPSA) is 188 Å². The maximum atomic E-state index is 12.9. The van der Waals surface area contributed by atoms with Gasteiger partial charge < -0.3 is 31.9 Å². The van der Waals surface area contributed by atoms with E-state index in [1.165, 1.54) is 11.8 Å². The van der Waals surface area contributed by atoms with Crippen molar-refractivity contribution < 1.29 is 34.2 Å². The van der Waals surface area contributed by atoms with E-state index in [2.05, 4.69) is 16.0 Å². The molecule has 0 saturated carbocycles. The first-order valence-electron chi connectivity index (χ1n) is 10.4. The number of rotatable bonds is 15. The molecule has 7 N–H and O–H groups in total. The third kappa shape index (κ3) is 11.3. The Morgan fingerprint density at radius 3 is 1.78 bits per heavy atom. The second kappa shape index (κ2) is 14.7. The summed E-state index contributed by atoms with van der Waals surface area (Å²) < 4.78 is 0. The highest BCUT2D eigenvalue weighted by molar-refractivity contribution is 7.98. The number of nitrogens with one attached hydrogen (secondary N) is 3. The highest BCUT2D eigenvalue weighted by Gasteiger charge is 2.31. The minimum atomic E-state index is -1.64. The molecule has 12 heteroatoms. The van der Waals surface area contributed by atoms with Gasteiger partial charge in [0.25, 0.3) is 0 Å². The van der Waals surface area contributed by atoms with Gasteiger partial charge in [-0.15, -0.1) is 0 Å². The lowest BCUT2D eigenvalue weighted by Gasteiger charge is -2.26. The summed E-state index contributed by atoms with van der Waals surface area (Å²) in [6.45, 7) is 7.30. The molecular formula is C20H36N4O7S. The van der Waals surface area contributed by atoms with E-state index in [1.807, 2.05) is 13.8 Å². The first-order valence-corrected chi connectivity index (χ1v) is 11.8. The largest absolute Gasteiger partial charge is 0.481 e. The molecule has 0 aromatic carbocycles. The van der Waals surface area contributed by atoms with Crippen LogP contribution in [0.3, 0.4) is 0 Å². The van der Waals surface area contributed by atoms with Gasteiger partial charge in [0.15, 0.2) is 0 Å². The number of carboxylic acid groups (broad SMARTS) is 2. The normalized spacial score (nSPS) is 14.9. The number of carboxylic acids is 2. The molecule has 32 heavy (non-hydrogen) atoms. The molecule has 0 fully saturated rings. The van der Waals surface area contributed by atoms with Crippen LogP contribution >= 0.6 is 11.8 Å². The highest BCUT2D eigenvalue weighted by Crippen LogP contribution is 2.09. The van der Waals surface area contributed by atoms with Gasteiger partial charge in [0.1, 0.15) is 18.1 Å². The fraction of sp³-hybridized carbons (Fsp3) is 0.750. The van der Waals surface area contributed by atoms with E-state index < -0.39 is 60.2 Å². The van der Waals surface area contributed by atoms with E-state index in [1.54, 1.807) is 20.1 Å². The van der Waals surface area contributed by atoms with Crippen molar-refractivity contribution in [2.75, 3.05) is 12.0 Å². The van der Waals surface area contributed by atoms with E-state index in [0.717, 1.165) is 0 Å². The molecule has 0 heterocycles. The van der Waals surface area contributed by atoms with E-state index in [-0.39, 0.29) is 18.3 Å². The number of hydrogen-bond acceptors (Lipinski definition) is 7. The summed E-state index contributed by atoms with van der Waals surface area (Å²) in [5, 5.41) is 25.4. The zero-order valence-corrected chi connectivity index (χ0v) is 20.0. The van der Waals surface area contributed by atoms with Gasteiger partial charge in [0, 0.05) is 0 Å². The van der Waals surface area contributed by atoms with Crippen LogP contribution in [0, 0.1) is 11.8 Å². The van der Waals surface area contributed by atoms with Gasteiger partial charge in [-0.3, -0.25) is 19.2 Å². The van der Waals surface area contributed by atoms with Gasteiger partial charge in [-0.1, -0.05) is 27.7 Å². The SMILES string of the molecule is CSCCC(NC(=O)C(CC(C)C)NC(=O)C(N)C(C)C)C(=O)NC(CC(=O)O)C(=O)O. The molecule has 0 aliphatic carbocycles. The fourth-order valence-corrected chi connectivity index (χ4v) is 3.17. The summed E-state index contributed by atoms with van der Waals surface area (Å²) in [4.78, 5) is 60.1. The summed E-state index contributed by atoms with van der Waals surface area (Å²) in [5.74, 6) is -4.39. The molecule has 3 amide bonds. The van der Waals surface area contributed by atoms with Crippen LogP contribution in [0.2, 0.25) is 0 Å². The smallest absolute Gasteiger partial charge is 0.326 e. The maximum absolute atomic E-state index is 12.9. The molecule has 0 aromatic rings. The molecule has 4 unspecified atom stereocenters. The zero-order valence-electron chi connectivity index (χ0n) is 19.2. The maximum Gasteiger partial charge on any atom is 0.326 e. The second-order valence-electron chi connectivity index (χ2n) is 8.30. The lowest BCUT2D eigenvalue weighted by atomic mass is 10.00. The molecule has 184 valence electrons. The first-order chi connectivity index (χ1) is 14.8. The van der Waals surface area contributed by atoms with E-state index in [9.17, 15) is 24.0 Å². The predicted octanol–water partition coefficient (Wildman–Crippen LogP) is -0.217. The molecular weight excluding hydrogens is 440 g/mol. The molecule has 11 nitrogen and oxygen atoms in total. The molecule has 0 aliphatic heterocycles. The molecule has 0 rings (SSSR count). The van der Waals surface area contributed by atoms with E-state index in [0.29, 0.717) is 12.2 Å². The summed E-state index contributed by atoms with van der Waals surface area (Å²) in [6, 6.07) is -4.48. The quantitative estimate of drug-likeness (QED) is 0.186. The Morgan fingerprint density at radius 2 is 1.34 bits per heavy atom.